The van der Waals surface area contributed by atoms with Gasteiger partial charge in [0.2, 0.25) is 0 Å². The molecule has 1 heterocycles. The predicted octanol–water partition coefficient (Wildman–Crippen LogP) is 5.05. The first-order valence-electron chi connectivity index (χ1n) is 7.54. The lowest BCUT2D eigenvalue weighted by Gasteiger charge is -2.21. The molecule has 0 radical (unpaired) electrons. The zero-order chi connectivity index (χ0) is 15.8. The van der Waals surface area contributed by atoms with Crippen LogP contribution in [0, 0.1) is 6.92 Å². The van der Waals surface area contributed by atoms with Gasteiger partial charge in [0.05, 0.1) is 0 Å². The molecule has 0 aliphatic carbocycles. The van der Waals surface area contributed by atoms with Gasteiger partial charge in [0.15, 0.2) is 5.82 Å². The van der Waals surface area contributed by atoms with E-state index < -0.39 is 0 Å². The van der Waals surface area contributed by atoms with Crippen LogP contribution in [0.1, 0.15) is 58.4 Å². The molecule has 0 fully saturated rings. The van der Waals surface area contributed by atoms with Crippen molar-refractivity contribution < 1.29 is 0 Å². The third-order valence-electron chi connectivity index (χ3n) is 3.80. The van der Waals surface area contributed by atoms with Crippen LogP contribution in [0.25, 0.3) is 11.4 Å². The van der Waals surface area contributed by atoms with Crippen molar-refractivity contribution in [3.05, 3.63) is 47.3 Å². The molecule has 0 saturated heterocycles. The third kappa shape index (κ3) is 3.49. The fraction of sp³-hybridized carbons (Fsp3) is 0.474. The molecule has 0 amide bonds. The molecule has 1 aromatic carbocycles. The van der Waals surface area contributed by atoms with E-state index in [1.807, 2.05) is 6.20 Å². The van der Waals surface area contributed by atoms with Gasteiger partial charge in [-0.25, -0.2) is 9.97 Å². The number of nitrogens with zero attached hydrogens (tertiary/aromatic N) is 2. The van der Waals surface area contributed by atoms with E-state index in [1.54, 1.807) is 0 Å². The molecule has 2 heteroatoms. The number of hydrogen-bond donors (Lipinski definition) is 0. The van der Waals surface area contributed by atoms with Crippen LogP contribution in [0.4, 0.5) is 0 Å². The number of hydrogen-bond acceptors (Lipinski definition) is 2. The van der Waals surface area contributed by atoms with Crippen LogP contribution in [0.3, 0.4) is 0 Å². The minimum atomic E-state index is 0.0820. The van der Waals surface area contributed by atoms with Crippen molar-refractivity contribution in [2.45, 2.75) is 59.3 Å². The third-order valence-corrected chi connectivity index (χ3v) is 3.80. The Labute approximate surface area is 128 Å². The van der Waals surface area contributed by atoms with E-state index in [9.17, 15) is 0 Å². The van der Waals surface area contributed by atoms with Crippen LogP contribution in [-0.2, 0) is 10.8 Å². The highest BCUT2D eigenvalue weighted by Gasteiger charge is 2.18. The average molecular weight is 282 g/mol. The standard InChI is InChI=1S/C19H26N2/c1-13-16(19(5,6)7)12-20-17(21-13)14-8-10-15(11-9-14)18(2,3)4/h8-12H,1-7H3. The van der Waals surface area contributed by atoms with Gasteiger partial charge in [0, 0.05) is 17.5 Å². The van der Waals surface area contributed by atoms with Crippen molar-refractivity contribution in [2.75, 3.05) is 0 Å². The van der Waals surface area contributed by atoms with E-state index in [0.29, 0.717) is 0 Å². The fourth-order valence-corrected chi connectivity index (χ4v) is 2.46. The second-order valence-electron chi connectivity index (χ2n) is 7.77. The van der Waals surface area contributed by atoms with E-state index in [4.69, 9.17) is 4.98 Å². The van der Waals surface area contributed by atoms with Crippen LogP contribution >= 0.6 is 0 Å². The van der Waals surface area contributed by atoms with Crippen molar-refractivity contribution in [3.63, 3.8) is 0 Å². The van der Waals surface area contributed by atoms with E-state index >= 15 is 0 Å². The van der Waals surface area contributed by atoms with E-state index in [1.165, 1.54) is 11.1 Å². The van der Waals surface area contributed by atoms with Crippen molar-refractivity contribution in [1.82, 2.24) is 9.97 Å². The van der Waals surface area contributed by atoms with Gasteiger partial charge in [-0.2, -0.15) is 0 Å². The Hall–Kier alpha value is -1.70. The van der Waals surface area contributed by atoms with Gasteiger partial charge in [-0.15, -0.1) is 0 Å². The highest BCUT2D eigenvalue weighted by Crippen LogP contribution is 2.27. The Kier molecular flexibility index (Phi) is 3.92. The van der Waals surface area contributed by atoms with Crippen molar-refractivity contribution in [2.24, 2.45) is 0 Å². The molecular weight excluding hydrogens is 256 g/mol. The summed E-state index contributed by atoms with van der Waals surface area (Å²) >= 11 is 0. The van der Waals surface area contributed by atoms with Gasteiger partial charge >= 0.3 is 0 Å². The predicted molar refractivity (Wildman–Crippen MR) is 89.6 cm³/mol. The lowest BCUT2D eigenvalue weighted by atomic mass is 9.86. The summed E-state index contributed by atoms with van der Waals surface area (Å²) in [6, 6.07) is 8.58. The first kappa shape index (κ1) is 15.7. The summed E-state index contributed by atoms with van der Waals surface area (Å²) in [5, 5.41) is 0. The largest absolute Gasteiger partial charge is 0.236 e. The zero-order valence-corrected chi connectivity index (χ0v) is 14.3. The van der Waals surface area contributed by atoms with Crippen LogP contribution in [0.15, 0.2) is 30.5 Å². The molecule has 112 valence electrons. The molecule has 21 heavy (non-hydrogen) atoms. The first-order chi connectivity index (χ1) is 9.59. The Bertz CT molecular complexity index is 626. The minimum absolute atomic E-state index is 0.0820. The second kappa shape index (κ2) is 5.25. The Balaban J connectivity index is 2.37. The molecule has 0 saturated carbocycles. The van der Waals surface area contributed by atoms with Gasteiger partial charge in [-0.05, 0) is 28.9 Å². The molecule has 0 bridgehead atoms. The smallest absolute Gasteiger partial charge is 0.159 e. The SMILES string of the molecule is Cc1nc(-c2ccc(C(C)(C)C)cc2)ncc1C(C)(C)C. The zero-order valence-electron chi connectivity index (χ0n) is 14.3. The fourth-order valence-electron chi connectivity index (χ4n) is 2.46. The number of aryl methyl sites for hydroxylation is 1. The maximum Gasteiger partial charge on any atom is 0.159 e. The average Bonchev–Trinajstić information content (AvgIpc) is 2.36. The lowest BCUT2D eigenvalue weighted by Crippen LogP contribution is -2.15. The van der Waals surface area contributed by atoms with Gasteiger partial charge in [-0.1, -0.05) is 65.8 Å². The van der Waals surface area contributed by atoms with Crippen LogP contribution in [0.5, 0.6) is 0 Å². The maximum absolute atomic E-state index is 4.69. The Morgan fingerprint density at radius 1 is 0.810 bits per heavy atom. The maximum atomic E-state index is 4.69. The van der Waals surface area contributed by atoms with Gasteiger partial charge in [0.1, 0.15) is 0 Å². The summed E-state index contributed by atoms with van der Waals surface area (Å²) in [6.07, 6.45) is 1.97. The number of aromatic nitrogens is 2. The topological polar surface area (TPSA) is 25.8 Å². The van der Waals surface area contributed by atoms with E-state index in [0.717, 1.165) is 17.1 Å². The van der Waals surface area contributed by atoms with Crippen molar-refractivity contribution >= 4 is 0 Å². The molecule has 0 atom stereocenters. The molecule has 0 aliphatic rings. The summed E-state index contributed by atoms with van der Waals surface area (Å²) in [5.41, 5.74) is 4.93. The van der Waals surface area contributed by atoms with Crippen LogP contribution < -0.4 is 0 Å². The van der Waals surface area contributed by atoms with E-state index in [-0.39, 0.29) is 10.8 Å². The normalized spacial score (nSPS) is 12.5. The van der Waals surface area contributed by atoms with Gasteiger partial charge < -0.3 is 0 Å². The summed E-state index contributed by atoms with van der Waals surface area (Å²) in [4.78, 5) is 9.25. The number of benzene rings is 1. The Morgan fingerprint density at radius 2 is 1.38 bits per heavy atom. The summed E-state index contributed by atoms with van der Waals surface area (Å²) < 4.78 is 0. The van der Waals surface area contributed by atoms with E-state index in [2.05, 4.69) is 77.7 Å². The summed E-state index contributed by atoms with van der Waals surface area (Å²) in [6.45, 7) is 15.3. The molecule has 0 N–H and O–H groups in total. The quantitative estimate of drug-likeness (QED) is 0.731. The molecule has 0 spiro atoms. The molecule has 0 aliphatic heterocycles. The summed E-state index contributed by atoms with van der Waals surface area (Å²) in [7, 11) is 0. The summed E-state index contributed by atoms with van der Waals surface area (Å²) in [5.74, 6) is 0.806. The second-order valence-corrected chi connectivity index (χ2v) is 7.77. The lowest BCUT2D eigenvalue weighted by molar-refractivity contribution is 0.579. The number of rotatable bonds is 1. The van der Waals surface area contributed by atoms with Crippen molar-refractivity contribution in [3.8, 4) is 11.4 Å². The van der Waals surface area contributed by atoms with Crippen LogP contribution in [-0.4, -0.2) is 9.97 Å². The highest BCUT2D eigenvalue weighted by atomic mass is 14.9. The van der Waals surface area contributed by atoms with Crippen molar-refractivity contribution in [1.29, 1.82) is 0 Å². The molecule has 2 nitrogen and oxygen atoms in total. The van der Waals surface area contributed by atoms with Gasteiger partial charge in [-0.3, -0.25) is 0 Å². The molecule has 1 aromatic heterocycles. The Morgan fingerprint density at radius 3 is 1.81 bits per heavy atom. The van der Waals surface area contributed by atoms with Crippen LogP contribution in [0.2, 0.25) is 0 Å². The van der Waals surface area contributed by atoms with Gasteiger partial charge in [0.25, 0.3) is 0 Å². The molecule has 2 aromatic rings. The molecule has 0 unspecified atom stereocenters. The monoisotopic (exact) mass is 282 g/mol. The first-order valence-corrected chi connectivity index (χ1v) is 7.54. The minimum Gasteiger partial charge on any atom is -0.236 e. The molecule has 2 rings (SSSR count). The molecular formula is C19H26N2. The highest BCUT2D eigenvalue weighted by molar-refractivity contribution is 5.56.